The molecule has 6 nitrogen and oxygen atoms in total. The van der Waals surface area contributed by atoms with Gasteiger partial charge in [0.25, 0.3) is 5.91 Å². The highest BCUT2D eigenvalue weighted by atomic mass is 16.5. The lowest BCUT2D eigenvalue weighted by Gasteiger charge is -2.39. The van der Waals surface area contributed by atoms with Crippen LogP contribution in [0.25, 0.3) is 11.1 Å². The second kappa shape index (κ2) is 6.95. The van der Waals surface area contributed by atoms with Gasteiger partial charge >= 0.3 is 0 Å². The molecule has 0 aromatic heterocycles. The van der Waals surface area contributed by atoms with Crippen molar-refractivity contribution in [1.82, 2.24) is 10.7 Å². The molecule has 1 amide bonds. The van der Waals surface area contributed by atoms with Gasteiger partial charge in [0.2, 0.25) is 0 Å². The first-order chi connectivity index (χ1) is 13.7. The molecule has 1 unspecified atom stereocenters. The van der Waals surface area contributed by atoms with Gasteiger partial charge in [0.15, 0.2) is 5.84 Å². The standard InChI is InChI=1S/C22H24N4O2/c1-14-22(27)25-24-21-13-28-20-12-18(15-5-3-2-4-6-15)17(11-19(20)26(14)21)16-7-9-23-10-8-16/h2-6,11-12,14,16,23H,7-10,13H2,1H3,(H,25,27). The zero-order valence-corrected chi connectivity index (χ0v) is 15.9. The van der Waals surface area contributed by atoms with Crippen LogP contribution in [0.5, 0.6) is 5.75 Å². The van der Waals surface area contributed by atoms with Gasteiger partial charge in [-0.15, -0.1) is 0 Å². The van der Waals surface area contributed by atoms with E-state index in [1.54, 1.807) is 0 Å². The van der Waals surface area contributed by atoms with Crippen LogP contribution in [0.4, 0.5) is 5.69 Å². The van der Waals surface area contributed by atoms with Gasteiger partial charge in [-0.1, -0.05) is 30.3 Å². The third-order valence-electron chi connectivity index (χ3n) is 5.95. The molecule has 3 aliphatic heterocycles. The summed E-state index contributed by atoms with van der Waals surface area (Å²) in [7, 11) is 0. The maximum Gasteiger partial charge on any atom is 0.262 e. The number of benzene rings is 2. The average molecular weight is 376 g/mol. The zero-order chi connectivity index (χ0) is 19.1. The minimum Gasteiger partial charge on any atom is -0.483 e. The van der Waals surface area contributed by atoms with E-state index in [4.69, 9.17) is 4.74 Å². The largest absolute Gasteiger partial charge is 0.483 e. The fraction of sp³-hybridized carbons (Fsp3) is 0.364. The van der Waals surface area contributed by atoms with E-state index in [0.29, 0.717) is 12.5 Å². The molecule has 0 saturated carbocycles. The van der Waals surface area contributed by atoms with Crippen molar-refractivity contribution < 1.29 is 9.53 Å². The molecule has 1 atom stereocenters. The van der Waals surface area contributed by atoms with E-state index in [-0.39, 0.29) is 11.9 Å². The normalized spacial score (nSPS) is 21.9. The number of hydrogen-bond donors (Lipinski definition) is 2. The molecule has 0 radical (unpaired) electrons. The molecule has 3 aliphatic rings. The summed E-state index contributed by atoms with van der Waals surface area (Å²) >= 11 is 0. The summed E-state index contributed by atoms with van der Waals surface area (Å²) in [6, 6.07) is 14.6. The van der Waals surface area contributed by atoms with Gasteiger partial charge in [-0.25, -0.2) is 5.43 Å². The molecule has 1 fully saturated rings. The number of hydrazone groups is 1. The first-order valence-corrected chi connectivity index (χ1v) is 9.95. The number of nitrogens with zero attached hydrogens (tertiary/aromatic N) is 2. The molecular formula is C22H24N4O2. The van der Waals surface area contributed by atoms with Gasteiger partial charge in [0, 0.05) is 0 Å². The van der Waals surface area contributed by atoms with Crippen LogP contribution in [0.15, 0.2) is 47.6 Å². The van der Waals surface area contributed by atoms with Crippen molar-refractivity contribution in [2.45, 2.75) is 31.7 Å². The van der Waals surface area contributed by atoms with E-state index in [1.807, 2.05) is 17.9 Å². The lowest BCUT2D eigenvalue weighted by Crippen LogP contribution is -2.55. The van der Waals surface area contributed by atoms with Gasteiger partial charge in [0.1, 0.15) is 18.4 Å². The lowest BCUT2D eigenvalue weighted by atomic mass is 9.84. The fourth-order valence-corrected chi connectivity index (χ4v) is 4.43. The van der Waals surface area contributed by atoms with Crippen molar-refractivity contribution in [2.75, 3.05) is 24.6 Å². The highest BCUT2D eigenvalue weighted by molar-refractivity contribution is 6.09. The molecular weight excluding hydrogens is 352 g/mol. The van der Waals surface area contributed by atoms with E-state index in [9.17, 15) is 4.79 Å². The van der Waals surface area contributed by atoms with E-state index >= 15 is 0 Å². The van der Waals surface area contributed by atoms with Crippen LogP contribution < -0.4 is 20.4 Å². The number of nitrogens with one attached hydrogen (secondary N) is 2. The van der Waals surface area contributed by atoms with E-state index < -0.39 is 0 Å². The second-order valence-electron chi connectivity index (χ2n) is 7.64. The molecule has 0 aliphatic carbocycles. The number of carbonyl (C=O) groups is 1. The minimum atomic E-state index is -0.307. The molecule has 0 spiro atoms. The molecule has 1 saturated heterocycles. The van der Waals surface area contributed by atoms with Gasteiger partial charge < -0.3 is 15.0 Å². The van der Waals surface area contributed by atoms with Gasteiger partial charge in [-0.05, 0) is 67.6 Å². The number of ether oxygens (including phenoxy) is 1. The van der Waals surface area contributed by atoms with Gasteiger partial charge in [-0.3, -0.25) is 4.79 Å². The lowest BCUT2D eigenvalue weighted by molar-refractivity contribution is -0.122. The summed E-state index contributed by atoms with van der Waals surface area (Å²) < 4.78 is 6.04. The summed E-state index contributed by atoms with van der Waals surface area (Å²) in [6.07, 6.45) is 2.22. The van der Waals surface area contributed by atoms with Crippen LogP contribution in [0.1, 0.15) is 31.2 Å². The number of amidine groups is 1. The van der Waals surface area contributed by atoms with Crippen molar-refractivity contribution >= 4 is 17.4 Å². The van der Waals surface area contributed by atoms with Gasteiger partial charge in [-0.2, -0.15) is 5.10 Å². The minimum absolute atomic E-state index is 0.0906. The van der Waals surface area contributed by atoms with Crippen molar-refractivity contribution in [3.63, 3.8) is 0 Å². The maximum atomic E-state index is 12.2. The highest BCUT2D eigenvalue weighted by Gasteiger charge is 2.36. The van der Waals surface area contributed by atoms with Gasteiger partial charge in [0.05, 0.1) is 5.69 Å². The Balaban J connectivity index is 1.67. The molecule has 5 rings (SSSR count). The van der Waals surface area contributed by atoms with E-state index in [2.05, 4.69) is 52.2 Å². The van der Waals surface area contributed by atoms with E-state index in [1.165, 1.54) is 16.7 Å². The van der Waals surface area contributed by atoms with Crippen LogP contribution in [0.3, 0.4) is 0 Å². The first-order valence-electron chi connectivity index (χ1n) is 9.95. The number of piperidine rings is 1. The molecule has 2 aromatic carbocycles. The summed E-state index contributed by atoms with van der Waals surface area (Å²) in [4.78, 5) is 14.2. The molecule has 2 aromatic rings. The van der Waals surface area contributed by atoms with Crippen LogP contribution >= 0.6 is 0 Å². The number of hydrogen-bond acceptors (Lipinski definition) is 5. The first kappa shape index (κ1) is 17.3. The molecule has 28 heavy (non-hydrogen) atoms. The smallest absolute Gasteiger partial charge is 0.262 e. The Kier molecular flexibility index (Phi) is 4.28. The third kappa shape index (κ3) is 2.85. The average Bonchev–Trinajstić information content (AvgIpc) is 2.76. The maximum absolute atomic E-state index is 12.2. The second-order valence-corrected chi connectivity index (χ2v) is 7.64. The number of anilines is 1. The third-order valence-corrected chi connectivity index (χ3v) is 5.95. The Labute approximate surface area is 164 Å². The summed E-state index contributed by atoms with van der Waals surface area (Å²) in [6.45, 7) is 4.33. The van der Waals surface area contributed by atoms with E-state index in [0.717, 1.165) is 43.2 Å². The number of amides is 1. The van der Waals surface area contributed by atoms with Crippen molar-refractivity contribution in [1.29, 1.82) is 0 Å². The molecule has 144 valence electrons. The van der Waals surface area contributed by atoms with Crippen molar-refractivity contribution in [3.8, 4) is 16.9 Å². The summed E-state index contributed by atoms with van der Waals surface area (Å²) in [5.74, 6) is 1.96. The Morgan fingerprint density at radius 1 is 1.14 bits per heavy atom. The molecule has 6 heteroatoms. The van der Waals surface area contributed by atoms with Crippen LogP contribution in [0.2, 0.25) is 0 Å². The molecule has 2 N–H and O–H groups in total. The predicted octanol–water partition coefficient (Wildman–Crippen LogP) is 2.85. The Morgan fingerprint density at radius 2 is 1.93 bits per heavy atom. The SMILES string of the molecule is CC1C(=O)NN=C2COc3cc(-c4ccccc4)c(C4CCNCC4)cc3N21. The zero-order valence-electron chi connectivity index (χ0n) is 15.9. The van der Waals surface area contributed by atoms with Crippen molar-refractivity contribution in [3.05, 3.63) is 48.0 Å². The molecule has 0 bridgehead atoms. The van der Waals surface area contributed by atoms with Crippen LogP contribution in [0, 0.1) is 0 Å². The molecule has 3 heterocycles. The van der Waals surface area contributed by atoms with Crippen LogP contribution in [-0.2, 0) is 4.79 Å². The Morgan fingerprint density at radius 3 is 2.71 bits per heavy atom. The monoisotopic (exact) mass is 376 g/mol. The summed E-state index contributed by atoms with van der Waals surface area (Å²) in [5, 5.41) is 7.67. The number of rotatable bonds is 2. The Bertz CT molecular complexity index is 935. The predicted molar refractivity (Wildman–Crippen MR) is 110 cm³/mol. The number of carbonyl (C=O) groups excluding carboxylic acids is 1. The summed E-state index contributed by atoms with van der Waals surface area (Å²) in [5.41, 5.74) is 7.29. The fourth-order valence-electron chi connectivity index (χ4n) is 4.43. The Hall–Kier alpha value is -2.86. The van der Waals surface area contributed by atoms with Crippen molar-refractivity contribution in [2.24, 2.45) is 5.10 Å². The highest BCUT2D eigenvalue weighted by Crippen LogP contribution is 2.44. The number of fused-ring (bicyclic) bond motifs is 3. The quantitative estimate of drug-likeness (QED) is 0.846. The topological polar surface area (TPSA) is 66.0 Å². The van der Waals surface area contributed by atoms with Crippen LogP contribution in [-0.4, -0.2) is 37.5 Å².